The average Bonchev–Trinajstić information content (AvgIpc) is 2.97. The summed E-state index contributed by atoms with van der Waals surface area (Å²) in [5, 5.41) is 16.9. The first-order valence-corrected chi connectivity index (χ1v) is 5.80. The number of aromatic nitrogens is 3. The summed E-state index contributed by atoms with van der Waals surface area (Å²) in [6.45, 7) is 0. The summed E-state index contributed by atoms with van der Waals surface area (Å²) >= 11 is 1.58. The molecule has 3 aromatic rings. The van der Waals surface area contributed by atoms with Crippen LogP contribution in [0.3, 0.4) is 0 Å². The van der Waals surface area contributed by atoms with E-state index < -0.39 is 5.97 Å². The molecule has 5 nitrogen and oxygen atoms in total. The topological polar surface area (TPSA) is 67.5 Å². The van der Waals surface area contributed by atoms with E-state index in [-0.39, 0.29) is 5.69 Å². The zero-order chi connectivity index (χ0) is 11.8. The van der Waals surface area contributed by atoms with E-state index in [1.807, 2.05) is 22.9 Å². The standard InChI is InChI=1S/C11H7N3O2S/c15-11(16)8-5-10-12-3-1-9(14(10)13-8)7-2-4-17-6-7/h1-6H,(H,15,16). The second kappa shape index (κ2) is 3.67. The highest BCUT2D eigenvalue weighted by atomic mass is 32.1. The lowest BCUT2D eigenvalue weighted by Crippen LogP contribution is -1.99. The monoisotopic (exact) mass is 245 g/mol. The number of nitrogens with zero attached hydrogens (tertiary/aromatic N) is 3. The third-order valence-electron chi connectivity index (χ3n) is 2.39. The zero-order valence-electron chi connectivity index (χ0n) is 8.57. The fraction of sp³-hybridized carbons (Fsp3) is 0. The van der Waals surface area contributed by atoms with Crippen molar-refractivity contribution < 1.29 is 9.90 Å². The Labute approximate surface area is 100.0 Å². The summed E-state index contributed by atoms with van der Waals surface area (Å²) in [6.07, 6.45) is 1.65. The molecule has 17 heavy (non-hydrogen) atoms. The number of aromatic carboxylic acids is 1. The second-order valence-corrected chi connectivity index (χ2v) is 4.23. The van der Waals surface area contributed by atoms with Crippen molar-refractivity contribution in [3.05, 3.63) is 40.8 Å². The second-order valence-electron chi connectivity index (χ2n) is 3.45. The molecule has 6 heteroatoms. The van der Waals surface area contributed by atoms with Crippen LogP contribution < -0.4 is 0 Å². The van der Waals surface area contributed by atoms with Gasteiger partial charge in [-0.3, -0.25) is 0 Å². The van der Waals surface area contributed by atoms with Gasteiger partial charge in [0.25, 0.3) is 0 Å². The van der Waals surface area contributed by atoms with Crippen LogP contribution in [0.1, 0.15) is 10.5 Å². The lowest BCUT2D eigenvalue weighted by molar-refractivity contribution is 0.0690. The lowest BCUT2D eigenvalue weighted by Gasteiger charge is -2.00. The van der Waals surface area contributed by atoms with Gasteiger partial charge in [-0.25, -0.2) is 14.3 Å². The van der Waals surface area contributed by atoms with E-state index in [0.717, 1.165) is 11.3 Å². The fourth-order valence-corrected chi connectivity index (χ4v) is 2.28. The minimum absolute atomic E-state index is 0.000166. The van der Waals surface area contributed by atoms with Crippen LogP contribution in [0.5, 0.6) is 0 Å². The summed E-state index contributed by atoms with van der Waals surface area (Å²) in [7, 11) is 0. The van der Waals surface area contributed by atoms with Gasteiger partial charge < -0.3 is 5.11 Å². The van der Waals surface area contributed by atoms with E-state index in [0.29, 0.717) is 5.65 Å². The predicted octanol–water partition coefficient (Wildman–Crippen LogP) is 2.16. The number of carbonyl (C=O) groups is 1. The third-order valence-corrected chi connectivity index (χ3v) is 3.08. The number of rotatable bonds is 2. The van der Waals surface area contributed by atoms with E-state index in [1.54, 1.807) is 22.0 Å². The van der Waals surface area contributed by atoms with Crippen molar-refractivity contribution in [2.75, 3.05) is 0 Å². The SMILES string of the molecule is O=C(O)c1cc2nccc(-c3ccsc3)n2n1. The molecule has 0 aliphatic rings. The van der Waals surface area contributed by atoms with Gasteiger partial charge in [-0.1, -0.05) is 0 Å². The van der Waals surface area contributed by atoms with Crippen LogP contribution in [0.4, 0.5) is 0 Å². The zero-order valence-corrected chi connectivity index (χ0v) is 9.39. The molecule has 0 saturated carbocycles. The van der Waals surface area contributed by atoms with Gasteiger partial charge >= 0.3 is 5.97 Å². The Kier molecular flexibility index (Phi) is 2.15. The molecule has 0 fully saturated rings. The van der Waals surface area contributed by atoms with Gasteiger partial charge in [-0.05, 0) is 17.5 Å². The van der Waals surface area contributed by atoms with E-state index >= 15 is 0 Å². The Balaban J connectivity index is 2.29. The van der Waals surface area contributed by atoms with Gasteiger partial charge in [0.15, 0.2) is 11.3 Å². The highest BCUT2D eigenvalue weighted by molar-refractivity contribution is 7.08. The molecule has 0 unspecified atom stereocenters. The molecule has 3 aromatic heterocycles. The lowest BCUT2D eigenvalue weighted by atomic mass is 10.2. The molecule has 0 amide bonds. The molecule has 0 aliphatic carbocycles. The Hall–Kier alpha value is -2.21. The fourth-order valence-electron chi connectivity index (χ4n) is 1.63. The van der Waals surface area contributed by atoms with Crippen molar-refractivity contribution in [2.24, 2.45) is 0 Å². The summed E-state index contributed by atoms with van der Waals surface area (Å²) < 4.78 is 1.55. The quantitative estimate of drug-likeness (QED) is 0.751. The molecular formula is C11H7N3O2S. The van der Waals surface area contributed by atoms with Crippen molar-refractivity contribution in [1.82, 2.24) is 14.6 Å². The Morgan fingerprint density at radius 1 is 1.41 bits per heavy atom. The Morgan fingerprint density at radius 2 is 2.29 bits per heavy atom. The number of hydrogen-bond acceptors (Lipinski definition) is 4. The number of carboxylic acid groups (broad SMARTS) is 1. The van der Waals surface area contributed by atoms with Crippen molar-refractivity contribution in [2.45, 2.75) is 0 Å². The van der Waals surface area contributed by atoms with Crippen LogP contribution in [0.15, 0.2) is 35.2 Å². The van der Waals surface area contributed by atoms with Crippen LogP contribution in [0.2, 0.25) is 0 Å². The minimum Gasteiger partial charge on any atom is -0.476 e. The molecule has 1 N–H and O–H groups in total. The van der Waals surface area contributed by atoms with Crippen LogP contribution in [-0.2, 0) is 0 Å². The first-order valence-electron chi connectivity index (χ1n) is 4.86. The van der Waals surface area contributed by atoms with E-state index in [4.69, 9.17) is 5.11 Å². The third kappa shape index (κ3) is 1.58. The molecule has 3 heterocycles. The normalized spacial score (nSPS) is 10.8. The Morgan fingerprint density at radius 3 is 3.00 bits per heavy atom. The number of fused-ring (bicyclic) bond motifs is 1. The average molecular weight is 245 g/mol. The van der Waals surface area contributed by atoms with Gasteiger partial charge in [0, 0.05) is 23.2 Å². The summed E-state index contributed by atoms with van der Waals surface area (Å²) in [4.78, 5) is 15.0. The predicted molar refractivity (Wildman–Crippen MR) is 63.3 cm³/mol. The summed E-state index contributed by atoms with van der Waals surface area (Å²) in [5.74, 6) is -1.05. The molecular weight excluding hydrogens is 238 g/mol. The minimum atomic E-state index is -1.05. The molecule has 0 aliphatic heterocycles. The molecule has 84 valence electrons. The Bertz CT molecular complexity index is 688. The summed E-state index contributed by atoms with van der Waals surface area (Å²) in [5.41, 5.74) is 2.37. The summed E-state index contributed by atoms with van der Waals surface area (Å²) in [6, 6.07) is 5.23. The maximum Gasteiger partial charge on any atom is 0.356 e. The van der Waals surface area contributed by atoms with Gasteiger partial charge in [0.1, 0.15) is 0 Å². The van der Waals surface area contributed by atoms with Gasteiger partial charge in [-0.2, -0.15) is 16.4 Å². The first-order chi connectivity index (χ1) is 8.25. The highest BCUT2D eigenvalue weighted by Gasteiger charge is 2.12. The molecule has 0 bridgehead atoms. The smallest absolute Gasteiger partial charge is 0.356 e. The molecule has 0 radical (unpaired) electrons. The van der Waals surface area contributed by atoms with E-state index in [9.17, 15) is 4.79 Å². The van der Waals surface area contributed by atoms with Gasteiger partial charge in [-0.15, -0.1) is 0 Å². The molecule has 0 aromatic carbocycles. The van der Waals surface area contributed by atoms with Gasteiger partial charge in [0.05, 0.1) is 5.69 Å². The van der Waals surface area contributed by atoms with E-state index in [2.05, 4.69) is 10.1 Å². The largest absolute Gasteiger partial charge is 0.476 e. The molecule has 0 saturated heterocycles. The molecule has 0 atom stereocenters. The number of hydrogen-bond donors (Lipinski definition) is 1. The number of carboxylic acids is 1. The maximum absolute atomic E-state index is 10.9. The van der Waals surface area contributed by atoms with Gasteiger partial charge in [0.2, 0.25) is 0 Å². The van der Waals surface area contributed by atoms with Crippen molar-refractivity contribution in [3.8, 4) is 11.3 Å². The van der Waals surface area contributed by atoms with Crippen molar-refractivity contribution in [3.63, 3.8) is 0 Å². The molecule has 3 rings (SSSR count). The first kappa shape index (κ1) is 9.98. The van der Waals surface area contributed by atoms with Crippen LogP contribution >= 0.6 is 11.3 Å². The maximum atomic E-state index is 10.9. The number of thiophene rings is 1. The van der Waals surface area contributed by atoms with Crippen molar-refractivity contribution in [1.29, 1.82) is 0 Å². The molecule has 0 spiro atoms. The van der Waals surface area contributed by atoms with Crippen LogP contribution in [0.25, 0.3) is 16.9 Å². The highest BCUT2D eigenvalue weighted by Crippen LogP contribution is 2.22. The van der Waals surface area contributed by atoms with E-state index in [1.165, 1.54) is 6.07 Å². The van der Waals surface area contributed by atoms with Crippen LogP contribution in [-0.4, -0.2) is 25.7 Å². The van der Waals surface area contributed by atoms with Crippen LogP contribution in [0, 0.1) is 0 Å². The van der Waals surface area contributed by atoms with Crippen molar-refractivity contribution >= 4 is 23.0 Å².